The lowest BCUT2D eigenvalue weighted by molar-refractivity contribution is -0.130. The molecule has 45 heavy (non-hydrogen) atoms. The summed E-state index contributed by atoms with van der Waals surface area (Å²) in [6, 6.07) is 5.35. The topological polar surface area (TPSA) is 150 Å². The summed E-state index contributed by atoms with van der Waals surface area (Å²) in [5.41, 5.74) is 5.63. The van der Waals surface area contributed by atoms with E-state index in [4.69, 9.17) is 36.3 Å². The number of nitrogens with one attached hydrogen (secondary N) is 1. The SMILES string of the molecule is COCCCOc1cc(C[C@@H](C[C@H]2[C@H](C[C@H](C(=O)NCC(C)(C)C(N)=O)C(C)C)OC(CCl)N2C(=O)O)C(C)C)ccc1OC. The second-order valence-electron chi connectivity index (χ2n) is 13.2. The molecule has 1 aliphatic heterocycles. The number of hydrogen-bond acceptors (Lipinski definition) is 7. The monoisotopic (exact) mass is 655 g/mol. The number of hydrogen-bond donors (Lipinski definition) is 3. The van der Waals surface area contributed by atoms with Crippen LogP contribution in [-0.4, -0.2) is 86.1 Å². The highest BCUT2D eigenvalue weighted by molar-refractivity contribution is 6.18. The zero-order valence-corrected chi connectivity index (χ0v) is 28.9. The highest BCUT2D eigenvalue weighted by Gasteiger charge is 2.47. The first-order chi connectivity index (χ1) is 21.2. The molecule has 0 saturated carbocycles. The molecule has 2 rings (SSSR count). The number of halogens is 1. The summed E-state index contributed by atoms with van der Waals surface area (Å²) in [5, 5.41) is 13.1. The molecular formula is C33H54ClN3O8. The molecule has 0 spiro atoms. The Bertz CT molecular complexity index is 1120. The third-order valence-electron chi connectivity index (χ3n) is 8.74. The number of carbonyl (C=O) groups excluding carboxylic acids is 2. The third kappa shape index (κ3) is 10.9. The molecule has 11 nitrogen and oxygen atoms in total. The number of carboxylic acid groups (broad SMARTS) is 1. The van der Waals surface area contributed by atoms with Gasteiger partial charge >= 0.3 is 6.09 Å². The normalized spacial score (nSPS) is 19.9. The van der Waals surface area contributed by atoms with Gasteiger partial charge in [-0.2, -0.15) is 0 Å². The van der Waals surface area contributed by atoms with Gasteiger partial charge < -0.3 is 35.1 Å². The van der Waals surface area contributed by atoms with Crippen LogP contribution in [0.25, 0.3) is 0 Å². The van der Waals surface area contributed by atoms with Gasteiger partial charge in [-0.15, -0.1) is 11.6 Å². The number of primary amides is 1. The molecule has 0 radical (unpaired) electrons. The molecule has 1 heterocycles. The van der Waals surface area contributed by atoms with E-state index in [1.54, 1.807) is 28.1 Å². The Morgan fingerprint density at radius 1 is 1.09 bits per heavy atom. The summed E-state index contributed by atoms with van der Waals surface area (Å²) in [4.78, 5) is 39.0. The van der Waals surface area contributed by atoms with E-state index in [2.05, 4.69) is 19.2 Å². The number of amides is 3. The van der Waals surface area contributed by atoms with Crippen molar-refractivity contribution in [3.8, 4) is 11.5 Å². The smallest absolute Gasteiger partial charge is 0.409 e. The number of benzene rings is 1. The van der Waals surface area contributed by atoms with Crippen LogP contribution >= 0.6 is 11.6 Å². The molecule has 3 amide bonds. The van der Waals surface area contributed by atoms with E-state index in [0.717, 1.165) is 12.0 Å². The van der Waals surface area contributed by atoms with Gasteiger partial charge in [0.15, 0.2) is 11.5 Å². The van der Waals surface area contributed by atoms with Crippen molar-refractivity contribution in [2.45, 2.75) is 85.6 Å². The number of methoxy groups -OCH3 is 2. The van der Waals surface area contributed by atoms with Gasteiger partial charge in [0.2, 0.25) is 11.8 Å². The molecule has 12 heteroatoms. The van der Waals surface area contributed by atoms with Gasteiger partial charge in [-0.05, 0) is 68.6 Å². The number of carbonyl (C=O) groups is 3. The Morgan fingerprint density at radius 3 is 2.31 bits per heavy atom. The number of nitrogens with two attached hydrogens (primary N) is 1. The standard InChI is InChI=1S/C33H54ClN3O8/c1-20(2)23(14-22-10-11-26(43-8)28(15-22)44-13-9-12-42-7)16-25-27(45-29(18-34)37(25)32(40)41)17-24(21(3)4)30(38)36-19-33(5,6)31(35)39/h10-11,15,20-21,23-25,27,29H,9,12-14,16-19H2,1-8H3,(H2,35,39)(H,36,38)(H,40,41)/t23-,24-,25-,27-,29?/m0/s1. The number of nitrogens with zero attached hydrogens (tertiary/aromatic N) is 1. The van der Waals surface area contributed by atoms with Gasteiger partial charge in [-0.25, -0.2) is 4.79 Å². The van der Waals surface area contributed by atoms with E-state index in [9.17, 15) is 19.5 Å². The highest BCUT2D eigenvalue weighted by atomic mass is 35.5. The van der Waals surface area contributed by atoms with Crippen LogP contribution in [0.15, 0.2) is 18.2 Å². The van der Waals surface area contributed by atoms with Crippen LogP contribution in [0, 0.1) is 29.1 Å². The van der Waals surface area contributed by atoms with Crippen LogP contribution < -0.4 is 20.5 Å². The minimum atomic E-state index is -1.11. The quantitative estimate of drug-likeness (QED) is 0.140. The zero-order chi connectivity index (χ0) is 33.9. The number of rotatable bonds is 19. The average Bonchev–Trinajstić information content (AvgIpc) is 3.33. The van der Waals surface area contributed by atoms with Crippen molar-refractivity contribution < 1.29 is 38.4 Å². The van der Waals surface area contributed by atoms with Crippen molar-refractivity contribution >= 4 is 29.5 Å². The van der Waals surface area contributed by atoms with Gasteiger partial charge in [-0.3, -0.25) is 14.5 Å². The predicted molar refractivity (Wildman–Crippen MR) is 174 cm³/mol. The highest BCUT2D eigenvalue weighted by Crippen LogP contribution is 2.37. The van der Waals surface area contributed by atoms with E-state index in [-0.39, 0.29) is 36.1 Å². The Labute approximate surface area is 273 Å². The number of ether oxygens (including phenoxy) is 4. The van der Waals surface area contributed by atoms with Crippen molar-refractivity contribution in [1.29, 1.82) is 0 Å². The van der Waals surface area contributed by atoms with E-state index >= 15 is 0 Å². The molecule has 4 N–H and O–H groups in total. The van der Waals surface area contributed by atoms with Gasteiger partial charge in [-0.1, -0.05) is 33.8 Å². The van der Waals surface area contributed by atoms with Crippen molar-refractivity contribution in [2.75, 3.05) is 39.9 Å². The maximum Gasteiger partial charge on any atom is 0.409 e. The average molecular weight is 656 g/mol. The van der Waals surface area contributed by atoms with Crippen LogP contribution in [0.5, 0.6) is 11.5 Å². The summed E-state index contributed by atoms with van der Waals surface area (Å²) in [5.74, 6) is 0.264. The molecule has 0 bridgehead atoms. The molecule has 1 unspecified atom stereocenters. The van der Waals surface area contributed by atoms with Crippen molar-refractivity contribution in [1.82, 2.24) is 10.2 Å². The lowest BCUT2D eigenvalue weighted by Gasteiger charge is -2.33. The Morgan fingerprint density at radius 2 is 1.78 bits per heavy atom. The first-order valence-corrected chi connectivity index (χ1v) is 16.3. The Kier molecular flexibility index (Phi) is 15.2. The van der Waals surface area contributed by atoms with E-state index in [0.29, 0.717) is 44.0 Å². The van der Waals surface area contributed by atoms with Gasteiger partial charge in [0, 0.05) is 32.6 Å². The van der Waals surface area contributed by atoms with E-state index < -0.39 is 41.7 Å². The fourth-order valence-electron chi connectivity index (χ4n) is 5.61. The molecule has 0 aliphatic carbocycles. The Balaban J connectivity index is 2.33. The molecule has 1 fully saturated rings. The predicted octanol–water partition coefficient (Wildman–Crippen LogP) is 4.92. The largest absolute Gasteiger partial charge is 0.493 e. The Hall–Kier alpha value is -2.76. The molecule has 0 aromatic heterocycles. The second kappa shape index (κ2) is 17.8. The molecule has 1 aromatic carbocycles. The van der Waals surface area contributed by atoms with Crippen LogP contribution in [0.3, 0.4) is 0 Å². The lowest BCUT2D eigenvalue weighted by Crippen LogP contribution is -2.47. The minimum Gasteiger partial charge on any atom is -0.493 e. The molecule has 5 atom stereocenters. The summed E-state index contributed by atoms with van der Waals surface area (Å²) in [6.07, 6.45) is -0.260. The summed E-state index contributed by atoms with van der Waals surface area (Å²) < 4.78 is 22.9. The number of alkyl halides is 1. The molecule has 256 valence electrons. The molecular weight excluding hydrogens is 602 g/mol. The first-order valence-electron chi connectivity index (χ1n) is 15.8. The van der Waals surface area contributed by atoms with Crippen LogP contribution in [0.2, 0.25) is 0 Å². The molecule has 1 saturated heterocycles. The van der Waals surface area contributed by atoms with E-state index in [1.807, 2.05) is 32.0 Å². The van der Waals surface area contributed by atoms with Gasteiger partial charge in [0.1, 0.15) is 6.23 Å². The summed E-state index contributed by atoms with van der Waals surface area (Å²) in [6.45, 7) is 12.7. The van der Waals surface area contributed by atoms with Crippen molar-refractivity contribution in [2.24, 2.45) is 34.8 Å². The first kappa shape index (κ1) is 38.4. The van der Waals surface area contributed by atoms with Crippen LogP contribution in [-0.2, 0) is 25.5 Å². The molecule has 1 aliphatic rings. The fraction of sp³-hybridized carbons (Fsp3) is 0.727. The maximum absolute atomic E-state index is 13.4. The second-order valence-corrected chi connectivity index (χ2v) is 13.5. The van der Waals surface area contributed by atoms with Gasteiger partial charge in [0.05, 0.1) is 37.2 Å². The summed E-state index contributed by atoms with van der Waals surface area (Å²) in [7, 11) is 3.25. The lowest BCUT2D eigenvalue weighted by atomic mass is 9.80. The third-order valence-corrected chi connectivity index (χ3v) is 9.01. The van der Waals surface area contributed by atoms with Crippen LogP contribution in [0.1, 0.15) is 66.4 Å². The fourth-order valence-corrected chi connectivity index (χ4v) is 5.83. The van der Waals surface area contributed by atoms with Crippen molar-refractivity contribution in [3.05, 3.63) is 23.8 Å². The van der Waals surface area contributed by atoms with Crippen molar-refractivity contribution in [3.63, 3.8) is 0 Å². The van der Waals surface area contributed by atoms with E-state index in [1.165, 1.54) is 4.90 Å². The maximum atomic E-state index is 13.4. The molecule has 1 aromatic rings. The minimum absolute atomic E-state index is 0.0285. The van der Waals surface area contributed by atoms with Gasteiger partial charge in [0.25, 0.3) is 0 Å². The van der Waals surface area contributed by atoms with Crippen LogP contribution in [0.4, 0.5) is 4.79 Å². The zero-order valence-electron chi connectivity index (χ0n) is 28.1. The summed E-state index contributed by atoms with van der Waals surface area (Å²) >= 11 is 6.22.